The lowest BCUT2D eigenvalue weighted by atomic mass is 9.68. The number of rotatable bonds is 4. The van der Waals surface area contributed by atoms with Crippen molar-refractivity contribution < 1.29 is 17.9 Å². The molecule has 0 bridgehead atoms. The fourth-order valence-corrected chi connectivity index (χ4v) is 6.36. The van der Waals surface area contributed by atoms with Crippen LogP contribution in [0.3, 0.4) is 0 Å². The van der Waals surface area contributed by atoms with Crippen LogP contribution in [0.4, 0.5) is 0 Å². The summed E-state index contributed by atoms with van der Waals surface area (Å²) in [4.78, 5) is 13.0. The van der Waals surface area contributed by atoms with Crippen LogP contribution >= 0.6 is 0 Å². The van der Waals surface area contributed by atoms with E-state index in [1.54, 1.807) is 16.4 Å². The molecule has 1 aliphatic heterocycles. The molecule has 2 unspecified atom stereocenters. The predicted octanol–water partition coefficient (Wildman–Crippen LogP) is 3.75. The maximum Gasteiger partial charge on any atom is 0.313 e. The summed E-state index contributed by atoms with van der Waals surface area (Å²) >= 11 is 0. The van der Waals surface area contributed by atoms with Crippen molar-refractivity contribution in [1.29, 1.82) is 0 Å². The normalized spacial score (nSPS) is 26.7. The molecule has 0 saturated carbocycles. The molecule has 0 N–H and O–H groups in total. The van der Waals surface area contributed by atoms with Gasteiger partial charge in [0.25, 0.3) is 0 Å². The predicted molar refractivity (Wildman–Crippen MR) is 116 cm³/mol. The van der Waals surface area contributed by atoms with Crippen molar-refractivity contribution in [2.24, 2.45) is 23.7 Å². The Morgan fingerprint density at radius 2 is 1.70 bits per heavy atom. The highest BCUT2D eigenvalue weighted by atomic mass is 32.2. The number of fused-ring (bicyclic) bond motifs is 1. The molecule has 1 aliphatic carbocycles. The Labute approximate surface area is 178 Å². The average Bonchev–Trinajstić information content (AvgIpc) is 3.20. The van der Waals surface area contributed by atoms with E-state index in [-0.39, 0.29) is 23.7 Å². The van der Waals surface area contributed by atoms with Gasteiger partial charge < -0.3 is 4.74 Å². The molecule has 4 atom stereocenters. The number of esters is 1. The average molecular weight is 426 g/mol. The number of sulfonamides is 1. The summed E-state index contributed by atoms with van der Waals surface area (Å²) in [5, 5.41) is 0. The standard InChI is InChI=1S/C24H27NO4S/c1-16-9-11-20(12-10-16)30(27,28)25-14-19-13-21(18-7-5-4-6-8-18)23(24(26)29-3)17(2)22(19)15-25/h4-13,17,19,22-23H,14-15H2,1-3H3/t17?,19-,22-,23?/m1/s1. The molecule has 6 heteroatoms. The molecule has 0 radical (unpaired) electrons. The molecule has 1 saturated heterocycles. The fourth-order valence-electron chi connectivity index (χ4n) is 4.84. The summed E-state index contributed by atoms with van der Waals surface area (Å²) in [7, 11) is -2.17. The van der Waals surface area contributed by atoms with E-state index < -0.39 is 15.9 Å². The number of carbonyl (C=O) groups is 1. The molecule has 2 aromatic rings. The Morgan fingerprint density at radius 3 is 2.33 bits per heavy atom. The summed E-state index contributed by atoms with van der Waals surface area (Å²) in [6, 6.07) is 16.8. The van der Waals surface area contributed by atoms with Crippen molar-refractivity contribution in [1.82, 2.24) is 4.31 Å². The van der Waals surface area contributed by atoms with E-state index in [0.717, 1.165) is 16.7 Å². The molecule has 5 nitrogen and oxygen atoms in total. The van der Waals surface area contributed by atoms with Gasteiger partial charge in [-0.05, 0) is 47.9 Å². The van der Waals surface area contributed by atoms with Crippen LogP contribution in [-0.4, -0.2) is 38.9 Å². The first-order valence-corrected chi connectivity index (χ1v) is 11.7. The lowest BCUT2D eigenvalue weighted by Crippen LogP contribution is -2.36. The maximum atomic E-state index is 13.2. The lowest BCUT2D eigenvalue weighted by Gasteiger charge is -2.36. The van der Waals surface area contributed by atoms with Crippen molar-refractivity contribution in [2.45, 2.75) is 18.7 Å². The molecule has 30 heavy (non-hydrogen) atoms. The number of hydrogen-bond donors (Lipinski definition) is 0. The van der Waals surface area contributed by atoms with Gasteiger partial charge in [0.05, 0.1) is 17.9 Å². The monoisotopic (exact) mass is 425 g/mol. The van der Waals surface area contributed by atoms with Crippen molar-refractivity contribution in [2.75, 3.05) is 20.2 Å². The Balaban J connectivity index is 1.69. The largest absolute Gasteiger partial charge is 0.469 e. The van der Waals surface area contributed by atoms with Crippen LogP contribution in [0.2, 0.25) is 0 Å². The Hall–Kier alpha value is -2.44. The third-order valence-electron chi connectivity index (χ3n) is 6.53. The van der Waals surface area contributed by atoms with Crippen LogP contribution in [0.5, 0.6) is 0 Å². The van der Waals surface area contributed by atoms with E-state index in [4.69, 9.17) is 4.74 Å². The highest BCUT2D eigenvalue weighted by Crippen LogP contribution is 2.47. The zero-order valence-electron chi connectivity index (χ0n) is 17.5. The molecule has 1 fully saturated rings. The van der Waals surface area contributed by atoms with Crippen LogP contribution in [0.1, 0.15) is 18.1 Å². The molecule has 158 valence electrons. The van der Waals surface area contributed by atoms with Gasteiger partial charge in [0.1, 0.15) is 0 Å². The molecule has 2 aliphatic rings. The lowest BCUT2D eigenvalue weighted by molar-refractivity contribution is -0.145. The Kier molecular flexibility index (Phi) is 5.55. The fraction of sp³-hybridized carbons (Fsp3) is 0.375. The summed E-state index contributed by atoms with van der Waals surface area (Å²) in [6.45, 7) is 4.81. The molecular weight excluding hydrogens is 398 g/mol. The summed E-state index contributed by atoms with van der Waals surface area (Å²) in [5.41, 5.74) is 2.94. The second-order valence-corrected chi connectivity index (χ2v) is 10.2. The van der Waals surface area contributed by atoms with Gasteiger partial charge in [-0.15, -0.1) is 0 Å². The smallest absolute Gasteiger partial charge is 0.313 e. The zero-order chi connectivity index (χ0) is 21.5. The molecule has 2 aromatic carbocycles. The van der Waals surface area contributed by atoms with Crippen LogP contribution in [0, 0.1) is 30.6 Å². The quantitative estimate of drug-likeness (QED) is 0.700. The third kappa shape index (κ3) is 3.59. The van der Waals surface area contributed by atoms with E-state index in [1.807, 2.05) is 56.3 Å². The van der Waals surface area contributed by atoms with Crippen LogP contribution < -0.4 is 0 Å². The minimum atomic E-state index is -3.57. The van der Waals surface area contributed by atoms with E-state index in [1.165, 1.54) is 7.11 Å². The molecule has 0 amide bonds. The second kappa shape index (κ2) is 8.00. The summed E-state index contributed by atoms with van der Waals surface area (Å²) < 4.78 is 33.2. The number of carbonyl (C=O) groups excluding carboxylic acids is 1. The van der Waals surface area contributed by atoms with Gasteiger partial charge in [-0.3, -0.25) is 4.79 Å². The van der Waals surface area contributed by atoms with E-state index >= 15 is 0 Å². The van der Waals surface area contributed by atoms with Gasteiger partial charge in [-0.25, -0.2) is 8.42 Å². The number of methoxy groups -OCH3 is 1. The minimum Gasteiger partial charge on any atom is -0.469 e. The van der Waals surface area contributed by atoms with Gasteiger partial charge in [0, 0.05) is 13.1 Å². The minimum absolute atomic E-state index is 0.0270. The number of ether oxygens (including phenoxy) is 1. The highest BCUT2D eigenvalue weighted by molar-refractivity contribution is 7.89. The van der Waals surface area contributed by atoms with Crippen molar-refractivity contribution in [3.63, 3.8) is 0 Å². The molecule has 1 heterocycles. The third-order valence-corrected chi connectivity index (χ3v) is 8.38. The van der Waals surface area contributed by atoms with Gasteiger partial charge >= 0.3 is 5.97 Å². The Morgan fingerprint density at radius 1 is 1.03 bits per heavy atom. The zero-order valence-corrected chi connectivity index (χ0v) is 18.3. The summed E-state index contributed by atoms with van der Waals surface area (Å²) in [6.07, 6.45) is 2.10. The Bertz CT molecular complexity index is 1060. The maximum absolute atomic E-state index is 13.2. The SMILES string of the molecule is COC(=O)C1C(c2ccccc2)=C[C@@H]2CN(S(=O)(=O)c3ccc(C)cc3)C[C@@H]2C1C. The van der Waals surface area contributed by atoms with Gasteiger partial charge in [-0.2, -0.15) is 4.31 Å². The molecular formula is C24H27NO4S. The first-order chi connectivity index (χ1) is 14.3. The second-order valence-electron chi connectivity index (χ2n) is 8.31. The highest BCUT2D eigenvalue weighted by Gasteiger charge is 2.48. The summed E-state index contributed by atoms with van der Waals surface area (Å²) in [5.74, 6) is -0.560. The van der Waals surface area contributed by atoms with Gasteiger partial charge in [0.15, 0.2) is 0 Å². The molecule has 0 spiro atoms. The van der Waals surface area contributed by atoms with Crippen molar-refractivity contribution >= 4 is 21.6 Å². The molecule has 4 rings (SSSR count). The van der Waals surface area contributed by atoms with Gasteiger partial charge in [-0.1, -0.05) is 61.0 Å². The first-order valence-electron chi connectivity index (χ1n) is 10.2. The number of nitrogens with zero attached hydrogens (tertiary/aromatic N) is 1. The van der Waals surface area contributed by atoms with E-state index in [0.29, 0.717) is 18.0 Å². The topological polar surface area (TPSA) is 63.7 Å². The van der Waals surface area contributed by atoms with Gasteiger partial charge in [0.2, 0.25) is 10.0 Å². The molecule has 0 aromatic heterocycles. The number of hydrogen-bond acceptors (Lipinski definition) is 4. The van der Waals surface area contributed by atoms with Crippen LogP contribution in [0.25, 0.3) is 5.57 Å². The van der Waals surface area contributed by atoms with E-state index in [2.05, 4.69) is 6.08 Å². The number of aryl methyl sites for hydroxylation is 1. The van der Waals surface area contributed by atoms with Crippen LogP contribution in [0.15, 0.2) is 65.6 Å². The van der Waals surface area contributed by atoms with Crippen molar-refractivity contribution in [3.8, 4) is 0 Å². The van der Waals surface area contributed by atoms with Crippen molar-refractivity contribution in [3.05, 3.63) is 71.8 Å². The van der Waals surface area contributed by atoms with E-state index in [9.17, 15) is 13.2 Å². The number of benzene rings is 2. The van der Waals surface area contributed by atoms with Crippen LogP contribution in [-0.2, 0) is 19.6 Å². The first kappa shape index (κ1) is 20.8.